The molecule has 5 heteroatoms. The molecule has 0 aliphatic carbocycles. The summed E-state index contributed by atoms with van der Waals surface area (Å²) < 4.78 is 1.88. The standard InChI is InChI=1S/C13H14N2O3/c1-14(7-13(17)18)10-3-4-12-11(5-10)9(8-16)6-15(12)2/h3-6,8H,7H2,1-2H3,(H,17,18). The van der Waals surface area contributed by atoms with Gasteiger partial charge < -0.3 is 14.6 Å². The number of hydrogen-bond donors (Lipinski definition) is 1. The van der Waals surface area contributed by atoms with E-state index in [1.54, 1.807) is 18.1 Å². The number of likely N-dealkylation sites (N-methyl/N-ethyl adjacent to an activating group) is 1. The van der Waals surface area contributed by atoms with Gasteiger partial charge in [-0.15, -0.1) is 0 Å². The lowest BCUT2D eigenvalue weighted by Gasteiger charge is -2.16. The van der Waals surface area contributed by atoms with Crippen LogP contribution in [0.2, 0.25) is 0 Å². The Hall–Kier alpha value is -2.30. The number of rotatable bonds is 4. The van der Waals surface area contributed by atoms with E-state index in [0.717, 1.165) is 22.9 Å². The maximum atomic E-state index is 11.0. The Kier molecular flexibility index (Phi) is 3.06. The molecule has 1 heterocycles. The van der Waals surface area contributed by atoms with Crippen LogP contribution in [0.15, 0.2) is 24.4 Å². The van der Waals surface area contributed by atoms with Gasteiger partial charge in [0.1, 0.15) is 6.54 Å². The van der Waals surface area contributed by atoms with Crippen molar-refractivity contribution in [2.24, 2.45) is 7.05 Å². The fourth-order valence-electron chi connectivity index (χ4n) is 2.04. The van der Waals surface area contributed by atoms with Gasteiger partial charge in [0, 0.05) is 42.4 Å². The van der Waals surface area contributed by atoms with Crippen molar-refractivity contribution in [3.63, 3.8) is 0 Å². The fraction of sp³-hybridized carbons (Fsp3) is 0.231. The topological polar surface area (TPSA) is 62.5 Å². The van der Waals surface area contributed by atoms with Crippen molar-refractivity contribution < 1.29 is 14.7 Å². The summed E-state index contributed by atoms with van der Waals surface area (Å²) in [5.41, 5.74) is 2.34. The van der Waals surface area contributed by atoms with Gasteiger partial charge in [0.25, 0.3) is 0 Å². The number of aryl methyl sites for hydroxylation is 1. The summed E-state index contributed by atoms with van der Waals surface area (Å²) in [7, 11) is 3.58. The summed E-state index contributed by atoms with van der Waals surface area (Å²) in [5.74, 6) is -0.888. The number of benzene rings is 1. The van der Waals surface area contributed by atoms with E-state index in [2.05, 4.69) is 0 Å². The summed E-state index contributed by atoms with van der Waals surface area (Å²) in [6.07, 6.45) is 2.57. The van der Waals surface area contributed by atoms with Gasteiger partial charge in [0.05, 0.1) is 0 Å². The number of carboxylic acid groups (broad SMARTS) is 1. The molecule has 1 aromatic heterocycles. The molecule has 94 valence electrons. The molecule has 0 bridgehead atoms. The molecule has 0 aliphatic heterocycles. The van der Waals surface area contributed by atoms with E-state index in [4.69, 9.17) is 5.11 Å². The lowest BCUT2D eigenvalue weighted by molar-refractivity contribution is -0.135. The molecule has 0 aliphatic rings. The highest BCUT2D eigenvalue weighted by Gasteiger charge is 2.10. The van der Waals surface area contributed by atoms with E-state index in [1.807, 2.05) is 29.8 Å². The third-order valence-electron chi connectivity index (χ3n) is 2.94. The Morgan fingerprint density at radius 3 is 2.83 bits per heavy atom. The molecule has 18 heavy (non-hydrogen) atoms. The lowest BCUT2D eigenvalue weighted by atomic mass is 10.1. The number of carbonyl (C=O) groups excluding carboxylic acids is 1. The smallest absolute Gasteiger partial charge is 0.323 e. The number of carboxylic acids is 1. The van der Waals surface area contributed by atoms with Crippen molar-refractivity contribution in [1.82, 2.24) is 4.57 Å². The first kappa shape index (κ1) is 12.2. The number of fused-ring (bicyclic) bond motifs is 1. The Morgan fingerprint density at radius 1 is 1.50 bits per heavy atom. The van der Waals surface area contributed by atoms with Crippen LogP contribution in [-0.2, 0) is 11.8 Å². The van der Waals surface area contributed by atoms with Crippen LogP contribution in [0.5, 0.6) is 0 Å². The van der Waals surface area contributed by atoms with Crippen LogP contribution in [0, 0.1) is 0 Å². The second-order valence-corrected chi connectivity index (χ2v) is 4.26. The van der Waals surface area contributed by atoms with Crippen LogP contribution in [0.3, 0.4) is 0 Å². The third kappa shape index (κ3) is 2.07. The SMILES string of the molecule is CN(CC(=O)O)c1ccc2c(c1)c(C=O)cn2C. The number of anilines is 1. The molecule has 5 nitrogen and oxygen atoms in total. The first-order chi connectivity index (χ1) is 8.52. The lowest BCUT2D eigenvalue weighted by Crippen LogP contribution is -2.24. The van der Waals surface area contributed by atoms with E-state index in [-0.39, 0.29) is 6.54 Å². The third-order valence-corrected chi connectivity index (χ3v) is 2.94. The largest absolute Gasteiger partial charge is 0.480 e. The van der Waals surface area contributed by atoms with Gasteiger partial charge in [-0.2, -0.15) is 0 Å². The Bertz CT molecular complexity index is 616. The molecule has 0 atom stereocenters. The predicted molar refractivity (Wildman–Crippen MR) is 69.2 cm³/mol. The van der Waals surface area contributed by atoms with Gasteiger partial charge >= 0.3 is 5.97 Å². The van der Waals surface area contributed by atoms with E-state index in [9.17, 15) is 9.59 Å². The average Bonchev–Trinajstić information content (AvgIpc) is 2.65. The van der Waals surface area contributed by atoms with Gasteiger partial charge in [-0.1, -0.05) is 0 Å². The summed E-state index contributed by atoms with van der Waals surface area (Å²) in [6, 6.07) is 5.57. The van der Waals surface area contributed by atoms with Gasteiger partial charge in [0.2, 0.25) is 0 Å². The highest BCUT2D eigenvalue weighted by atomic mass is 16.4. The normalized spacial score (nSPS) is 10.6. The molecule has 0 spiro atoms. The minimum Gasteiger partial charge on any atom is -0.480 e. The van der Waals surface area contributed by atoms with Crippen molar-refractivity contribution in [3.8, 4) is 0 Å². The van der Waals surface area contributed by atoms with Crippen LogP contribution in [0.4, 0.5) is 5.69 Å². The van der Waals surface area contributed by atoms with Crippen LogP contribution in [0.1, 0.15) is 10.4 Å². The first-order valence-electron chi connectivity index (χ1n) is 5.50. The molecule has 1 aromatic carbocycles. The van der Waals surface area contributed by atoms with Crippen molar-refractivity contribution in [1.29, 1.82) is 0 Å². The summed E-state index contributed by atoms with van der Waals surface area (Å²) >= 11 is 0. The van der Waals surface area contributed by atoms with Crippen molar-refractivity contribution in [2.45, 2.75) is 0 Å². The molecule has 0 radical (unpaired) electrons. The second kappa shape index (κ2) is 4.52. The first-order valence-corrected chi connectivity index (χ1v) is 5.50. The quantitative estimate of drug-likeness (QED) is 0.831. The molecule has 0 amide bonds. The minimum absolute atomic E-state index is 0.0746. The average molecular weight is 246 g/mol. The summed E-state index contributed by atoms with van der Waals surface area (Å²) in [5, 5.41) is 9.60. The zero-order valence-electron chi connectivity index (χ0n) is 10.3. The Morgan fingerprint density at radius 2 is 2.22 bits per heavy atom. The highest BCUT2D eigenvalue weighted by molar-refractivity contribution is 5.99. The van der Waals surface area contributed by atoms with Crippen molar-refractivity contribution in [2.75, 3.05) is 18.5 Å². The van der Waals surface area contributed by atoms with Gasteiger partial charge in [0.15, 0.2) is 6.29 Å². The van der Waals surface area contributed by atoms with Gasteiger partial charge in [-0.25, -0.2) is 0 Å². The zero-order valence-corrected chi connectivity index (χ0v) is 10.3. The predicted octanol–water partition coefficient (Wildman–Crippen LogP) is 1.51. The molecular weight excluding hydrogens is 232 g/mol. The molecule has 2 rings (SSSR count). The molecule has 0 unspecified atom stereocenters. The number of aldehydes is 1. The number of hydrogen-bond acceptors (Lipinski definition) is 3. The number of nitrogens with zero attached hydrogens (tertiary/aromatic N) is 2. The van der Waals surface area contributed by atoms with Crippen molar-refractivity contribution in [3.05, 3.63) is 30.0 Å². The molecular formula is C13H14N2O3. The minimum atomic E-state index is -0.888. The van der Waals surface area contributed by atoms with Crippen LogP contribution in [-0.4, -0.2) is 35.5 Å². The van der Waals surface area contributed by atoms with Crippen LogP contribution in [0.25, 0.3) is 10.9 Å². The van der Waals surface area contributed by atoms with E-state index >= 15 is 0 Å². The van der Waals surface area contributed by atoms with E-state index in [1.165, 1.54) is 0 Å². The molecule has 0 saturated heterocycles. The number of aromatic nitrogens is 1. The maximum absolute atomic E-state index is 11.0. The van der Waals surface area contributed by atoms with Crippen LogP contribution < -0.4 is 4.90 Å². The number of carbonyl (C=O) groups is 2. The highest BCUT2D eigenvalue weighted by Crippen LogP contribution is 2.24. The zero-order chi connectivity index (χ0) is 13.3. The Balaban J connectivity index is 2.49. The van der Waals surface area contributed by atoms with E-state index < -0.39 is 5.97 Å². The fourth-order valence-corrected chi connectivity index (χ4v) is 2.04. The summed E-state index contributed by atoms with van der Waals surface area (Å²) in [6.45, 7) is -0.0746. The van der Waals surface area contributed by atoms with Crippen LogP contribution >= 0.6 is 0 Å². The second-order valence-electron chi connectivity index (χ2n) is 4.26. The summed E-state index contributed by atoms with van der Waals surface area (Å²) in [4.78, 5) is 23.3. The monoisotopic (exact) mass is 246 g/mol. The number of aliphatic carboxylic acids is 1. The molecule has 0 saturated carbocycles. The molecule has 1 N–H and O–H groups in total. The Labute approximate surface area is 104 Å². The molecule has 2 aromatic rings. The molecule has 0 fully saturated rings. The van der Waals surface area contributed by atoms with Crippen molar-refractivity contribution >= 4 is 28.8 Å². The van der Waals surface area contributed by atoms with E-state index in [0.29, 0.717) is 5.56 Å². The van der Waals surface area contributed by atoms with Gasteiger partial charge in [-0.05, 0) is 18.2 Å². The van der Waals surface area contributed by atoms with Gasteiger partial charge in [-0.3, -0.25) is 9.59 Å². The maximum Gasteiger partial charge on any atom is 0.323 e.